The van der Waals surface area contributed by atoms with E-state index in [1.54, 1.807) is 7.11 Å². The van der Waals surface area contributed by atoms with E-state index in [2.05, 4.69) is 5.32 Å². The summed E-state index contributed by atoms with van der Waals surface area (Å²) < 4.78 is 10.4. The number of methoxy groups -OCH3 is 1. The molecule has 4 heteroatoms. The standard InChI is InChI=1S/C14H19NO3/c1-14(2,3)18-13(16)12-11(15-12)9-5-7-10(17-4)8-6-9/h5-8,11-12,15H,1-4H3/t11-,12+/m0/s1. The molecular formula is C14H19NO3. The van der Waals surface area contributed by atoms with Crippen LogP contribution in [0.5, 0.6) is 5.75 Å². The summed E-state index contributed by atoms with van der Waals surface area (Å²) >= 11 is 0. The summed E-state index contributed by atoms with van der Waals surface area (Å²) in [6.45, 7) is 5.61. The molecule has 18 heavy (non-hydrogen) atoms. The second-order valence-corrected chi connectivity index (χ2v) is 5.43. The highest BCUT2D eigenvalue weighted by molar-refractivity contribution is 5.81. The highest BCUT2D eigenvalue weighted by Crippen LogP contribution is 2.32. The summed E-state index contributed by atoms with van der Waals surface area (Å²) in [4.78, 5) is 11.8. The molecule has 2 atom stereocenters. The van der Waals surface area contributed by atoms with Crippen LogP contribution in [0.4, 0.5) is 0 Å². The normalized spacial score (nSPS) is 22.4. The molecule has 0 spiro atoms. The highest BCUT2D eigenvalue weighted by atomic mass is 16.6. The molecule has 1 aromatic rings. The lowest BCUT2D eigenvalue weighted by molar-refractivity contribution is -0.154. The van der Waals surface area contributed by atoms with Crippen LogP contribution < -0.4 is 10.1 Å². The molecule has 0 radical (unpaired) electrons. The van der Waals surface area contributed by atoms with Gasteiger partial charge in [0.1, 0.15) is 17.4 Å². The van der Waals surface area contributed by atoms with E-state index in [9.17, 15) is 4.79 Å². The lowest BCUT2D eigenvalue weighted by Crippen LogP contribution is -2.27. The Labute approximate surface area is 107 Å². The quantitative estimate of drug-likeness (QED) is 0.658. The number of benzene rings is 1. The first-order chi connectivity index (χ1) is 8.40. The van der Waals surface area contributed by atoms with Crippen molar-refractivity contribution >= 4 is 5.97 Å². The zero-order chi connectivity index (χ0) is 13.3. The fourth-order valence-electron chi connectivity index (χ4n) is 1.81. The molecule has 0 aromatic heterocycles. The first-order valence-electron chi connectivity index (χ1n) is 6.03. The monoisotopic (exact) mass is 249 g/mol. The molecule has 1 fully saturated rings. The molecule has 1 aliphatic heterocycles. The van der Waals surface area contributed by atoms with Crippen molar-refractivity contribution in [3.05, 3.63) is 29.8 Å². The maximum atomic E-state index is 11.8. The molecule has 0 aliphatic carbocycles. The van der Waals surface area contributed by atoms with Crippen molar-refractivity contribution in [2.45, 2.75) is 38.5 Å². The third kappa shape index (κ3) is 3.01. The van der Waals surface area contributed by atoms with Crippen molar-refractivity contribution in [2.24, 2.45) is 0 Å². The van der Waals surface area contributed by atoms with E-state index in [0.717, 1.165) is 11.3 Å². The molecular weight excluding hydrogens is 230 g/mol. The van der Waals surface area contributed by atoms with Gasteiger partial charge in [0.05, 0.1) is 13.2 Å². The average Bonchev–Trinajstić information content (AvgIpc) is 3.07. The van der Waals surface area contributed by atoms with Crippen molar-refractivity contribution in [2.75, 3.05) is 7.11 Å². The summed E-state index contributed by atoms with van der Waals surface area (Å²) in [6, 6.07) is 7.54. The molecule has 2 rings (SSSR count). The molecule has 4 nitrogen and oxygen atoms in total. The maximum absolute atomic E-state index is 11.8. The smallest absolute Gasteiger partial charge is 0.325 e. The number of carbonyl (C=O) groups excluding carboxylic acids is 1. The molecule has 1 saturated heterocycles. The summed E-state index contributed by atoms with van der Waals surface area (Å²) in [5, 5.41) is 3.13. The van der Waals surface area contributed by atoms with E-state index in [-0.39, 0.29) is 18.1 Å². The molecule has 1 aromatic carbocycles. The molecule has 0 unspecified atom stereocenters. The van der Waals surface area contributed by atoms with Gasteiger partial charge in [-0.2, -0.15) is 0 Å². The van der Waals surface area contributed by atoms with Gasteiger partial charge in [0.2, 0.25) is 0 Å². The third-order valence-electron chi connectivity index (χ3n) is 2.72. The maximum Gasteiger partial charge on any atom is 0.325 e. The number of esters is 1. The molecule has 98 valence electrons. The fourth-order valence-corrected chi connectivity index (χ4v) is 1.81. The second-order valence-electron chi connectivity index (χ2n) is 5.43. The number of nitrogens with one attached hydrogen (secondary N) is 1. The Kier molecular flexibility index (Phi) is 3.30. The predicted molar refractivity (Wildman–Crippen MR) is 68.5 cm³/mol. The minimum absolute atomic E-state index is 0.0609. The Morgan fingerprint density at radius 3 is 2.33 bits per heavy atom. The van der Waals surface area contributed by atoms with E-state index in [1.807, 2.05) is 45.0 Å². The Morgan fingerprint density at radius 2 is 1.83 bits per heavy atom. The Morgan fingerprint density at radius 1 is 1.22 bits per heavy atom. The van der Waals surface area contributed by atoms with Crippen LogP contribution >= 0.6 is 0 Å². The SMILES string of the molecule is COc1ccc([C@@H]2N[C@H]2C(=O)OC(C)(C)C)cc1. The summed E-state index contributed by atoms with van der Waals surface area (Å²) in [5.74, 6) is 0.622. The van der Waals surface area contributed by atoms with Gasteiger partial charge < -0.3 is 9.47 Å². The van der Waals surface area contributed by atoms with Crippen molar-refractivity contribution < 1.29 is 14.3 Å². The van der Waals surface area contributed by atoms with E-state index < -0.39 is 5.60 Å². The van der Waals surface area contributed by atoms with Crippen LogP contribution in [0.15, 0.2) is 24.3 Å². The molecule has 0 amide bonds. The lowest BCUT2D eigenvalue weighted by Gasteiger charge is -2.19. The van der Waals surface area contributed by atoms with E-state index in [0.29, 0.717) is 0 Å². The minimum atomic E-state index is -0.439. The van der Waals surface area contributed by atoms with Crippen molar-refractivity contribution in [1.29, 1.82) is 0 Å². The topological polar surface area (TPSA) is 57.5 Å². The summed E-state index contributed by atoms with van der Waals surface area (Å²) in [6.07, 6.45) is 0. The minimum Gasteiger partial charge on any atom is -0.497 e. The average molecular weight is 249 g/mol. The first-order valence-corrected chi connectivity index (χ1v) is 6.03. The molecule has 0 bridgehead atoms. The van der Waals surface area contributed by atoms with Gasteiger partial charge in [-0.25, -0.2) is 0 Å². The van der Waals surface area contributed by atoms with Crippen LogP contribution in [0.25, 0.3) is 0 Å². The summed E-state index contributed by atoms with van der Waals surface area (Å²) in [7, 11) is 1.63. The molecule has 0 saturated carbocycles. The molecule has 1 heterocycles. The van der Waals surface area contributed by atoms with E-state index in [1.165, 1.54) is 0 Å². The van der Waals surface area contributed by atoms with Gasteiger partial charge in [-0.3, -0.25) is 10.1 Å². The van der Waals surface area contributed by atoms with Gasteiger partial charge in [-0.15, -0.1) is 0 Å². The van der Waals surface area contributed by atoms with Crippen molar-refractivity contribution in [1.82, 2.24) is 5.32 Å². The predicted octanol–water partition coefficient (Wildman–Crippen LogP) is 2.05. The lowest BCUT2D eigenvalue weighted by atomic mass is 10.1. The van der Waals surface area contributed by atoms with Crippen LogP contribution in [-0.4, -0.2) is 24.7 Å². The number of ether oxygens (including phenoxy) is 2. The Balaban J connectivity index is 1.96. The van der Waals surface area contributed by atoms with E-state index >= 15 is 0 Å². The van der Waals surface area contributed by atoms with E-state index in [4.69, 9.17) is 9.47 Å². The fraction of sp³-hybridized carbons (Fsp3) is 0.500. The van der Waals surface area contributed by atoms with Crippen LogP contribution in [0.2, 0.25) is 0 Å². The van der Waals surface area contributed by atoms with Gasteiger partial charge in [0, 0.05) is 0 Å². The zero-order valence-electron chi connectivity index (χ0n) is 11.2. The highest BCUT2D eigenvalue weighted by Gasteiger charge is 2.45. The van der Waals surface area contributed by atoms with Gasteiger partial charge in [-0.1, -0.05) is 12.1 Å². The van der Waals surface area contributed by atoms with Crippen molar-refractivity contribution in [3.8, 4) is 5.75 Å². The van der Waals surface area contributed by atoms with Gasteiger partial charge in [-0.05, 0) is 38.5 Å². The van der Waals surface area contributed by atoms with Crippen LogP contribution in [0, 0.1) is 0 Å². The van der Waals surface area contributed by atoms with Crippen LogP contribution in [0.1, 0.15) is 32.4 Å². The largest absolute Gasteiger partial charge is 0.497 e. The second kappa shape index (κ2) is 4.61. The summed E-state index contributed by atoms with van der Waals surface area (Å²) in [5.41, 5.74) is 0.637. The Hall–Kier alpha value is -1.55. The van der Waals surface area contributed by atoms with Crippen LogP contribution in [-0.2, 0) is 9.53 Å². The third-order valence-corrected chi connectivity index (χ3v) is 2.72. The number of hydrogen-bond acceptors (Lipinski definition) is 4. The van der Waals surface area contributed by atoms with Gasteiger partial charge in [0.25, 0.3) is 0 Å². The first kappa shape index (κ1) is 12.9. The van der Waals surface area contributed by atoms with Crippen LogP contribution in [0.3, 0.4) is 0 Å². The molecule has 1 aliphatic rings. The van der Waals surface area contributed by atoms with Crippen molar-refractivity contribution in [3.63, 3.8) is 0 Å². The number of hydrogen-bond donors (Lipinski definition) is 1. The zero-order valence-corrected chi connectivity index (χ0v) is 11.2. The van der Waals surface area contributed by atoms with Gasteiger partial charge in [0.15, 0.2) is 0 Å². The molecule has 1 N–H and O–H groups in total. The number of carbonyl (C=O) groups is 1. The number of rotatable bonds is 3. The Bertz CT molecular complexity index is 433. The van der Waals surface area contributed by atoms with Gasteiger partial charge >= 0.3 is 5.97 Å².